The fourth-order valence-corrected chi connectivity index (χ4v) is 4.06. The molecule has 3 aromatic rings. The Morgan fingerprint density at radius 3 is 2.45 bits per heavy atom. The molecule has 0 spiro atoms. The quantitative estimate of drug-likeness (QED) is 0.581. The van der Waals surface area contributed by atoms with Gasteiger partial charge in [-0.1, -0.05) is 56.3 Å². The minimum Gasteiger partial charge on any atom is -0.503 e. The minimum atomic E-state index is -1.12. The lowest BCUT2D eigenvalue weighted by Gasteiger charge is -2.28. The lowest BCUT2D eigenvalue weighted by molar-refractivity contribution is -0.118. The van der Waals surface area contributed by atoms with Crippen LogP contribution in [0, 0.1) is 17.6 Å². The number of fused-ring (bicyclic) bond motifs is 1. The summed E-state index contributed by atoms with van der Waals surface area (Å²) >= 11 is 0. The molecule has 1 atom stereocenters. The number of hydrogen-bond donors (Lipinski definition) is 1. The number of aliphatic hydroxyl groups excluding tert-OH is 1. The van der Waals surface area contributed by atoms with Gasteiger partial charge in [-0.05, 0) is 34.4 Å². The van der Waals surface area contributed by atoms with Crippen LogP contribution in [-0.2, 0) is 9.59 Å². The molecule has 31 heavy (non-hydrogen) atoms. The highest BCUT2D eigenvalue weighted by Crippen LogP contribution is 2.43. The summed E-state index contributed by atoms with van der Waals surface area (Å²) in [6.07, 6.45) is 0.138. The molecule has 4 rings (SSSR count). The standard InChI is InChI=1S/C25H21F2NO3/c1-14(2)12-21(29)22-23(18-9-5-7-15-6-3-4-8-17(15)18)28(25(31)24(22)30)16-10-11-19(26)20(27)13-16/h3-11,13-14,23,30H,12H2,1-2H3. The number of anilines is 1. The Kier molecular flexibility index (Phi) is 5.31. The highest BCUT2D eigenvalue weighted by molar-refractivity contribution is 6.17. The number of ketones is 1. The van der Waals surface area contributed by atoms with Gasteiger partial charge in [0.15, 0.2) is 23.2 Å². The largest absolute Gasteiger partial charge is 0.503 e. The molecule has 1 aliphatic rings. The fourth-order valence-electron chi connectivity index (χ4n) is 4.06. The van der Waals surface area contributed by atoms with E-state index in [1.54, 1.807) is 12.1 Å². The molecule has 0 bridgehead atoms. The first kappa shape index (κ1) is 20.7. The van der Waals surface area contributed by atoms with E-state index in [4.69, 9.17) is 0 Å². The molecule has 1 heterocycles. The topological polar surface area (TPSA) is 57.6 Å². The van der Waals surface area contributed by atoms with E-state index in [0.29, 0.717) is 5.56 Å². The van der Waals surface area contributed by atoms with Gasteiger partial charge in [-0.15, -0.1) is 0 Å². The van der Waals surface area contributed by atoms with Gasteiger partial charge in [0.1, 0.15) is 0 Å². The fraction of sp³-hybridized carbons (Fsp3) is 0.200. The first-order valence-corrected chi connectivity index (χ1v) is 10.0. The van der Waals surface area contributed by atoms with Crippen LogP contribution in [0.25, 0.3) is 10.8 Å². The molecular weight excluding hydrogens is 400 g/mol. The predicted octanol–water partition coefficient (Wildman–Crippen LogP) is 5.63. The zero-order valence-electron chi connectivity index (χ0n) is 17.1. The third-order valence-corrected chi connectivity index (χ3v) is 5.40. The molecule has 0 fully saturated rings. The lowest BCUT2D eigenvalue weighted by atomic mass is 9.89. The summed E-state index contributed by atoms with van der Waals surface area (Å²) in [6.45, 7) is 3.73. The maximum absolute atomic E-state index is 14.0. The number of carbonyl (C=O) groups excluding carboxylic acids is 2. The van der Waals surface area contributed by atoms with E-state index >= 15 is 0 Å². The Hall–Kier alpha value is -3.54. The van der Waals surface area contributed by atoms with E-state index in [-0.39, 0.29) is 29.4 Å². The molecule has 0 saturated heterocycles. The second-order valence-electron chi connectivity index (χ2n) is 8.03. The Morgan fingerprint density at radius 1 is 1.03 bits per heavy atom. The number of amides is 1. The van der Waals surface area contributed by atoms with Crippen molar-refractivity contribution in [2.24, 2.45) is 5.92 Å². The van der Waals surface area contributed by atoms with E-state index in [1.165, 1.54) is 6.07 Å². The van der Waals surface area contributed by atoms with Crippen LogP contribution < -0.4 is 4.90 Å². The first-order chi connectivity index (χ1) is 14.8. The van der Waals surface area contributed by atoms with E-state index < -0.39 is 29.3 Å². The molecule has 0 saturated carbocycles. The number of Topliss-reactive ketones (excluding diaryl/α,β-unsaturated/α-hetero) is 1. The summed E-state index contributed by atoms with van der Waals surface area (Å²) in [7, 11) is 0. The number of hydrogen-bond acceptors (Lipinski definition) is 3. The minimum absolute atomic E-state index is 0.00776. The van der Waals surface area contributed by atoms with Gasteiger partial charge in [0.2, 0.25) is 0 Å². The van der Waals surface area contributed by atoms with Crippen molar-refractivity contribution in [2.45, 2.75) is 26.3 Å². The predicted molar refractivity (Wildman–Crippen MR) is 115 cm³/mol. The van der Waals surface area contributed by atoms with E-state index in [1.807, 2.05) is 44.2 Å². The first-order valence-electron chi connectivity index (χ1n) is 10.0. The van der Waals surface area contributed by atoms with E-state index in [9.17, 15) is 23.5 Å². The number of aliphatic hydroxyl groups is 1. The van der Waals surface area contributed by atoms with Crippen LogP contribution in [0.5, 0.6) is 0 Å². The van der Waals surface area contributed by atoms with Gasteiger partial charge in [0.25, 0.3) is 5.91 Å². The average molecular weight is 421 g/mol. The molecular formula is C25H21F2NO3. The van der Waals surface area contributed by atoms with Crippen LogP contribution in [0.2, 0.25) is 0 Å². The smallest absolute Gasteiger partial charge is 0.294 e. The molecule has 3 aromatic carbocycles. The summed E-state index contributed by atoms with van der Waals surface area (Å²) < 4.78 is 27.6. The van der Waals surface area contributed by atoms with Crippen molar-refractivity contribution in [3.8, 4) is 0 Å². The Morgan fingerprint density at radius 2 is 1.74 bits per heavy atom. The van der Waals surface area contributed by atoms with Gasteiger partial charge in [-0.3, -0.25) is 14.5 Å². The van der Waals surface area contributed by atoms with Crippen LogP contribution in [0.3, 0.4) is 0 Å². The third-order valence-electron chi connectivity index (χ3n) is 5.40. The van der Waals surface area contributed by atoms with Gasteiger partial charge in [0.05, 0.1) is 11.6 Å². The molecule has 158 valence electrons. The second kappa shape index (κ2) is 7.95. The van der Waals surface area contributed by atoms with Crippen molar-refractivity contribution >= 4 is 28.2 Å². The monoisotopic (exact) mass is 421 g/mol. The van der Waals surface area contributed by atoms with Crippen LogP contribution in [0.1, 0.15) is 31.9 Å². The Labute approximate surface area is 178 Å². The number of carbonyl (C=O) groups is 2. The normalized spacial score (nSPS) is 16.6. The number of nitrogens with zero attached hydrogens (tertiary/aromatic N) is 1. The SMILES string of the molecule is CC(C)CC(=O)C1=C(O)C(=O)N(c2ccc(F)c(F)c2)C1c1cccc2ccccc12. The van der Waals surface area contributed by atoms with Gasteiger partial charge < -0.3 is 5.11 Å². The van der Waals surface area contributed by atoms with Crippen molar-refractivity contribution in [1.29, 1.82) is 0 Å². The molecule has 1 aliphatic heterocycles. The van der Waals surface area contributed by atoms with Crippen molar-refractivity contribution < 1.29 is 23.5 Å². The number of benzene rings is 3. The van der Waals surface area contributed by atoms with Gasteiger partial charge in [-0.25, -0.2) is 8.78 Å². The average Bonchev–Trinajstić information content (AvgIpc) is 3.00. The lowest BCUT2D eigenvalue weighted by Crippen LogP contribution is -2.31. The van der Waals surface area contributed by atoms with Crippen LogP contribution in [0.15, 0.2) is 72.0 Å². The Bertz CT molecular complexity index is 1230. The molecule has 0 aromatic heterocycles. The Balaban J connectivity index is 1.96. The number of halogens is 2. The van der Waals surface area contributed by atoms with Crippen LogP contribution in [-0.4, -0.2) is 16.8 Å². The summed E-state index contributed by atoms with van der Waals surface area (Å²) in [6, 6.07) is 15.1. The summed E-state index contributed by atoms with van der Waals surface area (Å²) in [4.78, 5) is 27.3. The van der Waals surface area contributed by atoms with Gasteiger partial charge in [-0.2, -0.15) is 0 Å². The van der Waals surface area contributed by atoms with Crippen molar-refractivity contribution in [3.63, 3.8) is 0 Å². The summed E-state index contributed by atoms with van der Waals surface area (Å²) in [5.41, 5.74) is 0.646. The zero-order chi connectivity index (χ0) is 22.3. The summed E-state index contributed by atoms with van der Waals surface area (Å²) in [5, 5.41) is 12.4. The summed E-state index contributed by atoms with van der Waals surface area (Å²) in [5.74, 6) is -4.00. The second-order valence-corrected chi connectivity index (χ2v) is 8.03. The van der Waals surface area contributed by atoms with Crippen molar-refractivity contribution in [3.05, 3.63) is 89.2 Å². The van der Waals surface area contributed by atoms with Crippen LogP contribution >= 0.6 is 0 Å². The highest BCUT2D eigenvalue weighted by atomic mass is 19.2. The van der Waals surface area contributed by atoms with Crippen molar-refractivity contribution in [2.75, 3.05) is 4.90 Å². The van der Waals surface area contributed by atoms with Gasteiger partial charge in [0, 0.05) is 18.2 Å². The molecule has 1 N–H and O–H groups in total. The van der Waals surface area contributed by atoms with Crippen LogP contribution in [0.4, 0.5) is 14.5 Å². The third kappa shape index (κ3) is 3.58. The maximum Gasteiger partial charge on any atom is 0.294 e. The maximum atomic E-state index is 14.0. The molecule has 1 unspecified atom stereocenters. The van der Waals surface area contributed by atoms with Gasteiger partial charge >= 0.3 is 0 Å². The van der Waals surface area contributed by atoms with E-state index in [0.717, 1.165) is 27.8 Å². The molecule has 6 heteroatoms. The molecule has 0 radical (unpaired) electrons. The highest BCUT2D eigenvalue weighted by Gasteiger charge is 2.44. The molecule has 4 nitrogen and oxygen atoms in total. The van der Waals surface area contributed by atoms with E-state index in [2.05, 4.69) is 0 Å². The zero-order valence-corrected chi connectivity index (χ0v) is 17.1. The molecule has 0 aliphatic carbocycles. The molecule has 1 amide bonds. The van der Waals surface area contributed by atoms with Crippen molar-refractivity contribution in [1.82, 2.24) is 0 Å². The number of rotatable bonds is 5.